The third-order valence-electron chi connectivity index (χ3n) is 5.19. The summed E-state index contributed by atoms with van der Waals surface area (Å²) in [6, 6.07) is 27.2. The monoisotopic (exact) mass is 382 g/mol. The highest BCUT2D eigenvalue weighted by atomic mass is 16.5. The van der Waals surface area contributed by atoms with Gasteiger partial charge in [0.15, 0.2) is 5.82 Å². The second kappa shape index (κ2) is 7.99. The predicted octanol–water partition coefficient (Wildman–Crippen LogP) is 4.68. The summed E-state index contributed by atoms with van der Waals surface area (Å²) in [5.74, 6) is 0.890. The molecule has 5 heteroatoms. The SMILES string of the molecule is c1ccc(-c2ccc3ncnc(N(c4ccccc4)N4CCOCC4)c3c2)cc1. The van der Waals surface area contributed by atoms with Gasteiger partial charge in [0.05, 0.1) is 24.4 Å². The van der Waals surface area contributed by atoms with E-state index in [0.717, 1.165) is 41.1 Å². The van der Waals surface area contributed by atoms with Crippen LogP contribution in [0.15, 0.2) is 85.2 Å². The van der Waals surface area contributed by atoms with Crippen molar-refractivity contribution in [3.63, 3.8) is 0 Å². The van der Waals surface area contributed by atoms with Crippen LogP contribution in [0.1, 0.15) is 0 Å². The highest BCUT2D eigenvalue weighted by Crippen LogP contribution is 2.33. The lowest BCUT2D eigenvalue weighted by Gasteiger charge is -2.38. The van der Waals surface area contributed by atoms with E-state index in [-0.39, 0.29) is 0 Å². The number of fused-ring (bicyclic) bond motifs is 1. The Balaban J connectivity index is 1.68. The van der Waals surface area contributed by atoms with E-state index < -0.39 is 0 Å². The average molecular weight is 382 g/mol. The van der Waals surface area contributed by atoms with Gasteiger partial charge in [0.25, 0.3) is 0 Å². The van der Waals surface area contributed by atoms with Crippen molar-refractivity contribution in [2.24, 2.45) is 0 Å². The second-order valence-corrected chi connectivity index (χ2v) is 7.01. The fourth-order valence-electron chi connectivity index (χ4n) is 3.76. The smallest absolute Gasteiger partial charge is 0.159 e. The highest BCUT2D eigenvalue weighted by Gasteiger charge is 2.24. The number of morpholine rings is 1. The van der Waals surface area contributed by atoms with Gasteiger partial charge in [-0.25, -0.2) is 15.0 Å². The van der Waals surface area contributed by atoms with E-state index in [4.69, 9.17) is 9.72 Å². The first-order chi connectivity index (χ1) is 14.4. The first-order valence-corrected chi connectivity index (χ1v) is 9.88. The molecule has 0 radical (unpaired) electrons. The van der Waals surface area contributed by atoms with E-state index >= 15 is 0 Å². The van der Waals surface area contributed by atoms with E-state index in [1.807, 2.05) is 12.1 Å². The fraction of sp³-hybridized carbons (Fsp3) is 0.167. The van der Waals surface area contributed by atoms with E-state index in [0.29, 0.717) is 13.2 Å². The molecule has 4 aromatic rings. The molecule has 1 saturated heterocycles. The lowest BCUT2D eigenvalue weighted by atomic mass is 10.0. The third kappa shape index (κ3) is 3.58. The Labute approximate surface area is 170 Å². The summed E-state index contributed by atoms with van der Waals surface area (Å²) >= 11 is 0. The summed E-state index contributed by atoms with van der Waals surface area (Å²) in [5, 5.41) is 5.54. The topological polar surface area (TPSA) is 41.5 Å². The van der Waals surface area contributed by atoms with Crippen LogP contribution in [0.3, 0.4) is 0 Å². The Kier molecular flexibility index (Phi) is 4.90. The molecule has 5 nitrogen and oxygen atoms in total. The van der Waals surface area contributed by atoms with Gasteiger partial charge in [-0.2, -0.15) is 0 Å². The van der Waals surface area contributed by atoms with Crippen molar-refractivity contribution in [2.75, 3.05) is 31.3 Å². The zero-order valence-corrected chi connectivity index (χ0v) is 16.1. The molecular weight excluding hydrogens is 360 g/mol. The van der Waals surface area contributed by atoms with E-state index in [1.165, 1.54) is 5.56 Å². The molecule has 1 aliphatic rings. The Morgan fingerprint density at radius 3 is 2.24 bits per heavy atom. The summed E-state index contributed by atoms with van der Waals surface area (Å²) in [6.07, 6.45) is 1.65. The van der Waals surface area contributed by atoms with E-state index in [1.54, 1.807) is 6.33 Å². The summed E-state index contributed by atoms with van der Waals surface area (Å²) in [6.45, 7) is 3.06. The molecule has 1 aromatic heterocycles. The maximum atomic E-state index is 5.58. The largest absolute Gasteiger partial charge is 0.379 e. The van der Waals surface area contributed by atoms with Gasteiger partial charge in [0.1, 0.15) is 6.33 Å². The minimum absolute atomic E-state index is 0.710. The molecular formula is C24H22N4O. The van der Waals surface area contributed by atoms with Gasteiger partial charge >= 0.3 is 0 Å². The number of hydrazine groups is 1. The molecule has 0 bridgehead atoms. The molecule has 0 spiro atoms. The zero-order valence-electron chi connectivity index (χ0n) is 16.1. The molecule has 0 N–H and O–H groups in total. The van der Waals surface area contributed by atoms with Crippen molar-refractivity contribution >= 4 is 22.4 Å². The van der Waals surface area contributed by atoms with Gasteiger partial charge in [0, 0.05) is 18.5 Å². The van der Waals surface area contributed by atoms with Gasteiger partial charge in [-0.1, -0.05) is 54.6 Å². The van der Waals surface area contributed by atoms with Gasteiger partial charge in [-0.15, -0.1) is 0 Å². The molecule has 0 unspecified atom stereocenters. The van der Waals surface area contributed by atoms with Crippen molar-refractivity contribution in [3.8, 4) is 11.1 Å². The first kappa shape index (κ1) is 17.8. The van der Waals surface area contributed by atoms with Crippen LogP contribution in [0, 0.1) is 0 Å². The Morgan fingerprint density at radius 1 is 0.759 bits per heavy atom. The molecule has 0 aliphatic carbocycles. The minimum Gasteiger partial charge on any atom is -0.379 e. The number of ether oxygens (including phenoxy) is 1. The quantitative estimate of drug-likeness (QED) is 0.512. The first-order valence-electron chi connectivity index (χ1n) is 9.88. The van der Waals surface area contributed by atoms with Gasteiger partial charge < -0.3 is 4.74 Å². The minimum atomic E-state index is 0.710. The van der Waals surface area contributed by atoms with Crippen LogP contribution >= 0.6 is 0 Å². The number of aromatic nitrogens is 2. The predicted molar refractivity (Wildman–Crippen MR) is 116 cm³/mol. The number of para-hydroxylation sites is 1. The Morgan fingerprint density at radius 2 is 1.48 bits per heavy atom. The van der Waals surface area contributed by atoms with Crippen molar-refractivity contribution in [3.05, 3.63) is 85.2 Å². The number of nitrogens with zero attached hydrogens (tertiary/aromatic N) is 4. The zero-order chi connectivity index (χ0) is 19.5. The van der Waals surface area contributed by atoms with Crippen molar-refractivity contribution in [1.29, 1.82) is 0 Å². The molecule has 5 rings (SSSR count). The van der Waals surface area contributed by atoms with Crippen LogP contribution in [0.4, 0.5) is 11.5 Å². The van der Waals surface area contributed by atoms with Gasteiger partial charge in [-0.3, -0.25) is 5.01 Å². The molecule has 1 aliphatic heterocycles. The maximum Gasteiger partial charge on any atom is 0.159 e. The Bertz CT molecular complexity index is 1100. The number of rotatable bonds is 4. The van der Waals surface area contributed by atoms with Gasteiger partial charge in [0.2, 0.25) is 0 Å². The van der Waals surface area contributed by atoms with Crippen LogP contribution in [0.25, 0.3) is 22.0 Å². The van der Waals surface area contributed by atoms with Crippen LogP contribution in [-0.2, 0) is 4.74 Å². The normalized spacial score (nSPS) is 14.8. The molecule has 3 aromatic carbocycles. The van der Waals surface area contributed by atoms with Crippen LogP contribution < -0.4 is 5.01 Å². The lowest BCUT2D eigenvalue weighted by molar-refractivity contribution is 0.0376. The fourth-order valence-corrected chi connectivity index (χ4v) is 3.76. The summed E-state index contributed by atoms with van der Waals surface area (Å²) in [5.41, 5.74) is 4.36. The standard InChI is InChI=1S/C24H22N4O/c1-3-7-19(8-4-1)20-11-12-23-22(17-20)24(26-18-25-23)28(21-9-5-2-6-10-21)27-13-15-29-16-14-27/h1-12,17-18H,13-16H2. The van der Waals surface area contributed by atoms with Crippen LogP contribution in [0.5, 0.6) is 0 Å². The summed E-state index contributed by atoms with van der Waals surface area (Å²) in [4.78, 5) is 9.24. The molecule has 29 heavy (non-hydrogen) atoms. The Hall–Kier alpha value is -3.28. The molecule has 0 atom stereocenters. The molecule has 144 valence electrons. The van der Waals surface area contributed by atoms with Crippen LogP contribution in [-0.4, -0.2) is 41.3 Å². The van der Waals surface area contributed by atoms with E-state index in [2.05, 4.69) is 81.7 Å². The molecule has 0 saturated carbocycles. The molecule has 2 heterocycles. The number of hydrogen-bond acceptors (Lipinski definition) is 5. The number of hydrogen-bond donors (Lipinski definition) is 0. The van der Waals surface area contributed by atoms with E-state index in [9.17, 15) is 0 Å². The number of benzene rings is 3. The van der Waals surface area contributed by atoms with Gasteiger partial charge in [-0.05, 0) is 35.4 Å². The van der Waals surface area contributed by atoms with Crippen LogP contribution in [0.2, 0.25) is 0 Å². The molecule has 1 fully saturated rings. The van der Waals surface area contributed by atoms with Crippen molar-refractivity contribution in [1.82, 2.24) is 15.0 Å². The summed E-state index contributed by atoms with van der Waals surface area (Å²) < 4.78 is 5.58. The molecule has 0 amide bonds. The lowest BCUT2D eigenvalue weighted by Crippen LogP contribution is -2.47. The van der Waals surface area contributed by atoms with Crippen molar-refractivity contribution in [2.45, 2.75) is 0 Å². The highest BCUT2D eigenvalue weighted by molar-refractivity contribution is 5.94. The number of anilines is 2. The summed E-state index contributed by atoms with van der Waals surface area (Å²) in [7, 11) is 0. The second-order valence-electron chi connectivity index (χ2n) is 7.01. The van der Waals surface area contributed by atoms with Crippen molar-refractivity contribution < 1.29 is 4.74 Å². The maximum absolute atomic E-state index is 5.58. The average Bonchev–Trinajstić information content (AvgIpc) is 2.81. The third-order valence-corrected chi connectivity index (χ3v) is 5.19.